The molecule has 1 aromatic heterocycles. The van der Waals surface area contributed by atoms with Gasteiger partial charge in [-0.25, -0.2) is 4.79 Å². The normalized spacial score (nSPS) is 24.7. The Morgan fingerprint density at radius 3 is 2.23 bits per heavy atom. The van der Waals surface area contributed by atoms with Crippen LogP contribution in [0, 0.1) is 0 Å². The maximum Gasteiger partial charge on any atom is 0.446 e. The second kappa shape index (κ2) is 9.26. The van der Waals surface area contributed by atoms with Gasteiger partial charge in [-0.1, -0.05) is 12.1 Å². The number of carboxylic acid groups (broad SMARTS) is 1. The van der Waals surface area contributed by atoms with E-state index in [1.54, 1.807) is 0 Å². The second-order valence-corrected chi connectivity index (χ2v) is 8.55. The molecule has 13 nitrogen and oxygen atoms in total. The molecule has 2 unspecified atom stereocenters. The smallest absolute Gasteiger partial charge is 0.446 e. The number of ether oxygens (including phenoxy) is 2. The van der Waals surface area contributed by atoms with E-state index in [1.807, 2.05) is 0 Å². The van der Waals surface area contributed by atoms with E-state index in [4.69, 9.17) is 23.6 Å². The van der Waals surface area contributed by atoms with E-state index in [2.05, 4.69) is 4.18 Å². The summed E-state index contributed by atoms with van der Waals surface area (Å²) in [6.07, 6.45) is -7.68. The zero-order valence-electron chi connectivity index (χ0n) is 17.4. The molecule has 2 heterocycles. The van der Waals surface area contributed by atoms with E-state index >= 15 is 0 Å². The number of rotatable bonds is 6. The van der Waals surface area contributed by atoms with Gasteiger partial charge in [0.15, 0.2) is 11.5 Å². The lowest BCUT2D eigenvalue weighted by Gasteiger charge is -2.38. The van der Waals surface area contributed by atoms with Crippen molar-refractivity contribution in [3.63, 3.8) is 0 Å². The van der Waals surface area contributed by atoms with E-state index in [0.717, 1.165) is 12.3 Å². The molecule has 2 aromatic carbocycles. The second-order valence-electron chi connectivity index (χ2n) is 7.52. The minimum absolute atomic E-state index is 0.0111. The Morgan fingerprint density at radius 2 is 1.60 bits per heavy atom. The summed E-state index contributed by atoms with van der Waals surface area (Å²) in [5, 5.41) is 38.9. The molecule has 186 valence electrons. The number of aliphatic carboxylic acids is 1. The highest BCUT2D eigenvalue weighted by Crippen LogP contribution is 2.28. The lowest BCUT2D eigenvalue weighted by molar-refractivity contribution is -0.271. The number of hydrogen-bond acceptors (Lipinski definition) is 11. The maximum absolute atomic E-state index is 12.9. The molecule has 35 heavy (non-hydrogen) atoms. The van der Waals surface area contributed by atoms with Crippen LogP contribution in [0.5, 0.6) is 11.5 Å². The molecule has 0 saturated carbocycles. The average molecular weight is 510 g/mol. The fourth-order valence-electron chi connectivity index (χ4n) is 3.48. The number of aliphatic hydroxyl groups excluding tert-OH is 3. The molecular weight excluding hydrogens is 492 g/mol. The molecule has 0 bridgehead atoms. The number of fused-ring (bicyclic) bond motifs is 1. The van der Waals surface area contributed by atoms with Crippen molar-refractivity contribution in [1.29, 1.82) is 0 Å². The number of hydrogen-bond donors (Lipinski definition) is 5. The van der Waals surface area contributed by atoms with Gasteiger partial charge in [0, 0.05) is 6.07 Å². The Morgan fingerprint density at radius 1 is 0.943 bits per heavy atom. The lowest BCUT2D eigenvalue weighted by Crippen LogP contribution is -2.61. The summed E-state index contributed by atoms with van der Waals surface area (Å²) < 4.78 is 50.7. The van der Waals surface area contributed by atoms with Crippen LogP contribution in [0.15, 0.2) is 57.9 Å². The highest BCUT2D eigenvalue weighted by Gasteiger charge is 2.48. The quantitative estimate of drug-likeness (QED) is 0.275. The molecule has 1 saturated heterocycles. The summed E-state index contributed by atoms with van der Waals surface area (Å²) >= 11 is 0. The molecule has 5 atom stereocenters. The van der Waals surface area contributed by atoms with E-state index in [1.165, 1.54) is 36.4 Å². The molecule has 1 fully saturated rings. The first-order valence-corrected chi connectivity index (χ1v) is 11.2. The van der Waals surface area contributed by atoms with Gasteiger partial charge in [0.05, 0.1) is 10.9 Å². The third kappa shape index (κ3) is 5.12. The van der Waals surface area contributed by atoms with E-state index < -0.39 is 52.5 Å². The SMILES string of the molecule is O=C(O)[C@@H]1O[C@H](Oc2ccc(-c3coc4cc(OS(=O)(=O)O)ccc4c3=O)cc2)C(O)[C@H](O)C1O. The van der Waals surface area contributed by atoms with Gasteiger partial charge < -0.3 is 38.5 Å². The van der Waals surface area contributed by atoms with Gasteiger partial charge in [-0.05, 0) is 29.8 Å². The monoisotopic (exact) mass is 510 g/mol. The summed E-state index contributed by atoms with van der Waals surface area (Å²) in [6, 6.07) is 9.28. The lowest BCUT2D eigenvalue weighted by atomic mass is 9.99. The third-order valence-corrected chi connectivity index (χ3v) is 5.58. The molecule has 0 amide bonds. The van der Waals surface area contributed by atoms with Crippen LogP contribution in [0.1, 0.15) is 0 Å². The predicted molar refractivity (Wildman–Crippen MR) is 115 cm³/mol. The first-order chi connectivity index (χ1) is 16.4. The Hall–Kier alpha value is -3.53. The Labute approximate surface area is 196 Å². The Balaban J connectivity index is 1.56. The maximum atomic E-state index is 12.9. The van der Waals surface area contributed by atoms with Gasteiger partial charge in [0.25, 0.3) is 0 Å². The zero-order valence-corrected chi connectivity index (χ0v) is 18.2. The first-order valence-electron chi connectivity index (χ1n) is 9.86. The number of aliphatic hydroxyl groups is 3. The molecule has 0 radical (unpaired) electrons. The van der Waals surface area contributed by atoms with E-state index in [0.29, 0.717) is 5.56 Å². The van der Waals surface area contributed by atoms with Crippen molar-refractivity contribution in [1.82, 2.24) is 0 Å². The van der Waals surface area contributed by atoms with Gasteiger partial charge in [0.1, 0.15) is 41.7 Å². The van der Waals surface area contributed by atoms with Crippen LogP contribution >= 0.6 is 0 Å². The minimum Gasteiger partial charge on any atom is -0.479 e. The molecule has 0 aliphatic carbocycles. The fourth-order valence-corrected chi connectivity index (χ4v) is 3.82. The summed E-state index contributed by atoms with van der Waals surface area (Å²) in [4.78, 5) is 24.1. The van der Waals surface area contributed by atoms with Crippen LogP contribution in [-0.4, -0.2) is 70.1 Å². The van der Waals surface area contributed by atoms with Crippen LogP contribution < -0.4 is 14.3 Å². The number of carboxylic acids is 1. The predicted octanol–water partition coefficient (Wildman–Crippen LogP) is -0.0874. The molecular formula is C21H18O13S. The van der Waals surface area contributed by atoms with Crippen molar-refractivity contribution in [3.8, 4) is 22.6 Å². The van der Waals surface area contributed by atoms with Gasteiger partial charge >= 0.3 is 16.4 Å². The van der Waals surface area contributed by atoms with Crippen LogP contribution in [0.25, 0.3) is 22.1 Å². The van der Waals surface area contributed by atoms with Crippen LogP contribution in [-0.2, 0) is 19.9 Å². The van der Waals surface area contributed by atoms with Crippen LogP contribution in [0.4, 0.5) is 0 Å². The molecule has 4 rings (SSSR count). The molecule has 5 N–H and O–H groups in total. The van der Waals surface area contributed by atoms with Crippen molar-refractivity contribution in [2.45, 2.75) is 30.7 Å². The van der Waals surface area contributed by atoms with E-state index in [-0.39, 0.29) is 28.0 Å². The third-order valence-electron chi connectivity index (χ3n) is 5.18. The first kappa shape index (κ1) is 24.6. The van der Waals surface area contributed by atoms with Gasteiger partial charge in [-0.2, -0.15) is 8.42 Å². The van der Waals surface area contributed by atoms with Gasteiger partial charge in [-0.3, -0.25) is 9.35 Å². The molecule has 14 heteroatoms. The van der Waals surface area contributed by atoms with Gasteiger partial charge in [-0.15, -0.1) is 0 Å². The largest absolute Gasteiger partial charge is 0.479 e. The number of carbonyl (C=O) groups is 1. The highest BCUT2D eigenvalue weighted by molar-refractivity contribution is 7.81. The number of benzene rings is 2. The van der Waals surface area contributed by atoms with Crippen molar-refractivity contribution in [3.05, 3.63) is 59.0 Å². The summed E-state index contributed by atoms with van der Waals surface area (Å²) in [5.41, 5.74) is 0.101. The molecule has 1 aliphatic heterocycles. The van der Waals surface area contributed by atoms with Crippen molar-refractivity contribution < 1.29 is 56.3 Å². The van der Waals surface area contributed by atoms with Crippen molar-refractivity contribution in [2.24, 2.45) is 0 Å². The average Bonchev–Trinajstić information content (AvgIpc) is 2.79. The summed E-state index contributed by atoms with van der Waals surface area (Å²) in [7, 11) is -4.75. The summed E-state index contributed by atoms with van der Waals surface area (Å²) in [6.45, 7) is 0. The van der Waals surface area contributed by atoms with Gasteiger partial charge in [0.2, 0.25) is 6.29 Å². The Kier molecular flexibility index (Phi) is 6.50. The topological polar surface area (TPSA) is 210 Å². The molecule has 3 aromatic rings. The Bertz CT molecular complexity index is 1410. The molecule has 1 aliphatic rings. The van der Waals surface area contributed by atoms with Crippen LogP contribution in [0.3, 0.4) is 0 Å². The molecule has 0 spiro atoms. The van der Waals surface area contributed by atoms with Crippen LogP contribution in [0.2, 0.25) is 0 Å². The van der Waals surface area contributed by atoms with E-state index in [9.17, 15) is 33.3 Å². The van der Waals surface area contributed by atoms with Crippen molar-refractivity contribution >= 4 is 27.3 Å². The zero-order chi connectivity index (χ0) is 25.5. The highest BCUT2D eigenvalue weighted by atomic mass is 32.3. The van der Waals surface area contributed by atoms with Crippen molar-refractivity contribution in [2.75, 3.05) is 0 Å². The summed E-state index contributed by atoms with van der Waals surface area (Å²) in [5.74, 6) is -1.71. The fraction of sp³-hybridized carbons (Fsp3) is 0.238. The minimum atomic E-state index is -4.75. The standard InChI is InChI=1S/C21H18O13S/c22-15-12-6-5-11(34-35(28,29)30)7-14(12)31-8-13(15)9-1-3-10(4-2-9)32-21-18(25)16(23)17(24)19(33-21)20(26)27/h1-8,16-19,21,23-25H,(H,26,27)(H,28,29,30)/t16-,17?,18?,19-,21+/m1/s1.